The highest BCUT2D eigenvalue weighted by atomic mass is 79.9. The van der Waals surface area contributed by atoms with Gasteiger partial charge in [-0.15, -0.1) is 0 Å². The first-order valence-corrected chi connectivity index (χ1v) is 9.89. The SMILES string of the molecule is CCN(CC)S(=O)(=O)c1ccc(F)c(C(=O)Nc2cccc(Br)c2)c1. The number of nitrogens with zero attached hydrogens (tertiary/aromatic N) is 1. The molecule has 1 N–H and O–H groups in total. The lowest BCUT2D eigenvalue weighted by Gasteiger charge is -2.19. The highest BCUT2D eigenvalue weighted by Crippen LogP contribution is 2.21. The van der Waals surface area contributed by atoms with Crippen LogP contribution in [0.5, 0.6) is 0 Å². The van der Waals surface area contributed by atoms with Crippen molar-refractivity contribution in [3.8, 4) is 0 Å². The molecule has 2 rings (SSSR count). The third-order valence-corrected chi connectivity index (χ3v) is 6.15. The fourth-order valence-electron chi connectivity index (χ4n) is 2.32. The van der Waals surface area contributed by atoms with Gasteiger partial charge in [-0.3, -0.25) is 4.79 Å². The Morgan fingerprint density at radius 1 is 1.16 bits per heavy atom. The summed E-state index contributed by atoms with van der Waals surface area (Å²) in [6, 6.07) is 10.0. The second-order valence-electron chi connectivity index (χ2n) is 5.20. The van der Waals surface area contributed by atoms with Crippen molar-refractivity contribution >= 4 is 37.5 Å². The number of rotatable bonds is 6. The zero-order valence-electron chi connectivity index (χ0n) is 13.8. The molecule has 0 aromatic heterocycles. The molecule has 0 fully saturated rings. The Kier molecular flexibility index (Phi) is 6.31. The Bertz CT molecular complexity index is 883. The van der Waals surface area contributed by atoms with Gasteiger partial charge in [0.15, 0.2) is 0 Å². The minimum absolute atomic E-state index is 0.114. The maximum Gasteiger partial charge on any atom is 0.258 e. The lowest BCUT2D eigenvalue weighted by Crippen LogP contribution is -2.31. The molecule has 0 spiro atoms. The van der Waals surface area contributed by atoms with E-state index in [1.165, 1.54) is 10.4 Å². The van der Waals surface area contributed by atoms with E-state index in [0.717, 1.165) is 16.6 Å². The van der Waals surface area contributed by atoms with Crippen LogP contribution in [0.15, 0.2) is 51.8 Å². The zero-order valence-corrected chi connectivity index (χ0v) is 16.2. The van der Waals surface area contributed by atoms with Crippen LogP contribution in [-0.4, -0.2) is 31.7 Å². The molecule has 0 saturated heterocycles. The van der Waals surface area contributed by atoms with Gasteiger partial charge >= 0.3 is 0 Å². The van der Waals surface area contributed by atoms with E-state index < -0.39 is 21.7 Å². The molecule has 0 bridgehead atoms. The van der Waals surface area contributed by atoms with Crippen molar-refractivity contribution in [3.05, 3.63) is 58.3 Å². The number of hydrogen-bond acceptors (Lipinski definition) is 3. The van der Waals surface area contributed by atoms with Crippen molar-refractivity contribution in [1.29, 1.82) is 0 Å². The normalized spacial score (nSPS) is 11.6. The fourth-order valence-corrected chi connectivity index (χ4v) is 4.20. The van der Waals surface area contributed by atoms with Crippen molar-refractivity contribution in [2.45, 2.75) is 18.7 Å². The van der Waals surface area contributed by atoms with E-state index in [1.807, 2.05) is 0 Å². The van der Waals surface area contributed by atoms with Gasteiger partial charge in [0.2, 0.25) is 10.0 Å². The smallest absolute Gasteiger partial charge is 0.258 e. The number of benzene rings is 2. The lowest BCUT2D eigenvalue weighted by molar-refractivity contribution is 0.102. The zero-order chi connectivity index (χ0) is 18.6. The van der Waals surface area contributed by atoms with Gasteiger partial charge in [0.05, 0.1) is 10.5 Å². The molecule has 0 heterocycles. The number of nitrogens with one attached hydrogen (secondary N) is 1. The van der Waals surface area contributed by atoms with Gasteiger partial charge in [0, 0.05) is 23.2 Å². The summed E-state index contributed by atoms with van der Waals surface area (Å²) >= 11 is 3.28. The summed E-state index contributed by atoms with van der Waals surface area (Å²) in [5, 5.41) is 2.56. The second kappa shape index (κ2) is 8.07. The average molecular weight is 429 g/mol. The number of carbonyl (C=O) groups is 1. The maximum atomic E-state index is 14.1. The number of sulfonamides is 1. The van der Waals surface area contributed by atoms with Crippen molar-refractivity contribution in [1.82, 2.24) is 4.31 Å². The molecule has 0 aliphatic rings. The molecule has 1 amide bonds. The molecule has 0 unspecified atom stereocenters. The van der Waals surface area contributed by atoms with Crippen LogP contribution in [0.1, 0.15) is 24.2 Å². The van der Waals surface area contributed by atoms with Crippen LogP contribution in [-0.2, 0) is 10.0 Å². The molecule has 0 aliphatic heterocycles. The molecule has 0 saturated carbocycles. The molecule has 0 atom stereocenters. The summed E-state index contributed by atoms with van der Waals surface area (Å²) in [6.45, 7) is 4.00. The predicted octanol–water partition coefficient (Wildman–Crippen LogP) is 3.87. The average Bonchev–Trinajstić information content (AvgIpc) is 2.55. The molecular formula is C17H18BrFN2O3S. The van der Waals surface area contributed by atoms with E-state index in [1.54, 1.807) is 38.1 Å². The van der Waals surface area contributed by atoms with Crippen LogP contribution >= 0.6 is 15.9 Å². The van der Waals surface area contributed by atoms with E-state index in [0.29, 0.717) is 5.69 Å². The molecule has 0 radical (unpaired) electrons. The number of carbonyl (C=O) groups excluding carboxylic acids is 1. The first-order valence-electron chi connectivity index (χ1n) is 7.66. The van der Waals surface area contributed by atoms with Gasteiger partial charge in [-0.05, 0) is 36.4 Å². The topological polar surface area (TPSA) is 66.5 Å². The van der Waals surface area contributed by atoms with Crippen LogP contribution < -0.4 is 5.32 Å². The molecule has 2 aromatic rings. The van der Waals surface area contributed by atoms with Crippen LogP contribution in [0, 0.1) is 5.82 Å². The Hall–Kier alpha value is -1.77. The van der Waals surface area contributed by atoms with Gasteiger partial charge in [0.1, 0.15) is 5.82 Å². The monoisotopic (exact) mass is 428 g/mol. The van der Waals surface area contributed by atoms with E-state index in [-0.39, 0.29) is 23.5 Å². The summed E-state index contributed by atoms with van der Waals surface area (Å²) in [7, 11) is -3.77. The molecule has 134 valence electrons. The first-order chi connectivity index (χ1) is 11.8. The largest absolute Gasteiger partial charge is 0.322 e. The van der Waals surface area contributed by atoms with Gasteiger partial charge in [-0.25, -0.2) is 12.8 Å². The standard InChI is InChI=1S/C17H18BrFN2O3S/c1-3-21(4-2)25(23,24)14-8-9-16(19)15(11-14)17(22)20-13-7-5-6-12(18)10-13/h5-11H,3-4H2,1-2H3,(H,20,22). The number of anilines is 1. The van der Waals surface area contributed by atoms with Crippen LogP contribution in [0.4, 0.5) is 10.1 Å². The first kappa shape index (κ1) is 19.6. The summed E-state index contributed by atoms with van der Waals surface area (Å²) in [6.07, 6.45) is 0. The predicted molar refractivity (Wildman–Crippen MR) is 98.6 cm³/mol. The number of hydrogen-bond donors (Lipinski definition) is 1. The van der Waals surface area contributed by atoms with E-state index in [9.17, 15) is 17.6 Å². The van der Waals surface area contributed by atoms with E-state index >= 15 is 0 Å². The molecule has 8 heteroatoms. The molecule has 0 aliphatic carbocycles. The van der Waals surface area contributed by atoms with Gasteiger partial charge in [-0.1, -0.05) is 35.8 Å². The molecule has 25 heavy (non-hydrogen) atoms. The third kappa shape index (κ3) is 4.45. The highest BCUT2D eigenvalue weighted by Gasteiger charge is 2.24. The minimum Gasteiger partial charge on any atom is -0.322 e. The maximum absolute atomic E-state index is 14.1. The van der Waals surface area contributed by atoms with E-state index in [2.05, 4.69) is 21.2 Å². The van der Waals surface area contributed by atoms with Crippen LogP contribution in [0.25, 0.3) is 0 Å². The van der Waals surface area contributed by atoms with Gasteiger partial charge < -0.3 is 5.32 Å². The van der Waals surface area contributed by atoms with Crippen molar-refractivity contribution in [2.75, 3.05) is 18.4 Å². The fraction of sp³-hybridized carbons (Fsp3) is 0.235. The second-order valence-corrected chi connectivity index (χ2v) is 8.05. The van der Waals surface area contributed by atoms with E-state index in [4.69, 9.17) is 0 Å². The molecular weight excluding hydrogens is 411 g/mol. The quantitative estimate of drug-likeness (QED) is 0.758. The molecule has 2 aromatic carbocycles. The summed E-state index contributed by atoms with van der Waals surface area (Å²) in [5.74, 6) is -1.50. The van der Waals surface area contributed by atoms with Gasteiger partial charge in [0.25, 0.3) is 5.91 Å². The summed E-state index contributed by atoms with van der Waals surface area (Å²) in [5.41, 5.74) is 0.143. The number of amides is 1. The third-order valence-electron chi connectivity index (χ3n) is 3.61. The van der Waals surface area contributed by atoms with Crippen LogP contribution in [0.3, 0.4) is 0 Å². The Labute approximate surface area is 155 Å². The lowest BCUT2D eigenvalue weighted by atomic mass is 10.2. The Balaban J connectivity index is 2.37. The summed E-state index contributed by atoms with van der Waals surface area (Å²) < 4.78 is 41.2. The van der Waals surface area contributed by atoms with Crippen molar-refractivity contribution in [2.24, 2.45) is 0 Å². The summed E-state index contributed by atoms with van der Waals surface area (Å²) in [4.78, 5) is 12.2. The minimum atomic E-state index is -3.77. The Morgan fingerprint density at radius 2 is 1.84 bits per heavy atom. The number of halogens is 2. The molecule has 5 nitrogen and oxygen atoms in total. The van der Waals surface area contributed by atoms with Crippen molar-refractivity contribution in [3.63, 3.8) is 0 Å². The highest BCUT2D eigenvalue weighted by molar-refractivity contribution is 9.10. The van der Waals surface area contributed by atoms with Gasteiger partial charge in [-0.2, -0.15) is 4.31 Å². The Morgan fingerprint density at radius 3 is 2.44 bits per heavy atom. The van der Waals surface area contributed by atoms with Crippen molar-refractivity contribution < 1.29 is 17.6 Å². The van der Waals surface area contributed by atoms with Crippen LogP contribution in [0.2, 0.25) is 0 Å².